The average molecular weight is 249 g/mol. The van der Waals surface area contributed by atoms with Gasteiger partial charge in [0.1, 0.15) is 0 Å². The van der Waals surface area contributed by atoms with Crippen LogP contribution >= 0.6 is 11.3 Å². The lowest BCUT2D eigenvalue weighted by Gasteiger charge is -2.24. The van der Waals surface area contributed by atoms with Crippen molar-refractivity contribution in [3.63, 3.8) is 0 Å². The molecular formula is C12H15N3OS. The molecule has 1 aliphatic heterocycles. The van der Waals surface area contributed by atoms with Gasteiger partial charge in [-0.3, -0.25) is 0 Å². The number of ether oxygens (including phenoxy) is 1. The number of rotatable bonds is 3. The van der Waals surface area contributed by atoms with Crippen molar-refractivity contribution < 1.29 is 4.74 Å². The van der Waals surface area contributed by atoms with E-state index in [9.17, 15) is 0 Å². The van der Waals surface area contributed by atoms with Crippen molar-refractivity contribution in [1.82, 2.24) is 14.9 Å². The molecule has 0 aromatic carbocycles. The maximum atomic E-state index is 5.47. The summed E-state index contributed by atoms with van der Waals surface area (Å²) < 4.78 is 7.66. The second-order valence-corrected chi connectivity index (χ2v) is 4.95. The number of thiophene rings is 1. The van der Waals surface area contributed by atoms with Gasteiger partial charge in [0.05, 0.1) is 31.4 Å². The van der Waals surface area contributed by atoms with Crippen LogP contribution in [-0.4, -0.2) is 35.4 Å². The van der Waals surface area contributed by atoms with Gasteiger partial charge in [-0.15, -0.1) is 0 Å². The summed E-state index contributed by atoms with van der Waals surface area (Å²) >= 11 is 1.71. The van der Waals surface area contributed by atoms with Crippen LogP contribution in [0.2, 0.25) is 0 Å². The first-order valence-electron chi connectivity index (χ1n) is 5.77. The molecule has 0 radical (unpaired) electrons. The molecule has 5 heteroatoms. The Morgan fingerprint density at radius 2 is 2.59 bits per heavy atom. The zero-order valence-corrected chi connectivity index (χ0v) is 10.3. The van der Waals surface area contributed by atoms with Gasteiger partial charge in [0.2, 0.25) is 0 Å². The predicted molar refractivity (Wildman–Crippen MR) is 68.1 cm³/mol. The molecule has 0 amide bonds. The highest BCUT2D eigenvalue weighted by Gasteiger charge is 2.15. The summed E-state index contributed by atoms with van der Waals surface area (Å²) in [6.07, 6.45) is 3.81. The molecule has 2 aromatic heterocycles. The van der Waals surface area contributed by atoms with Crippen molar-refractivity contribution in [3.05, 3.63) is 29.4 Å². The van der Waals surface area contributed by atoms with Gasteiger partial charge >= 0.3 is 0 Å². The number of morpholine rings is 1. The quantitative estimate of drug-likeness (QED) is 0.898. The van der Waals surface area contributed by atoms with Gasteiger partial charge < -0.3 is 14.6 Å². The standard InChI is InChI=1S/C12H15N3OS/c1-4-17-8-10(1)12-5-13-9-15(12)6-11-7-16-3-2-14-11/h1,4-5,8-9,11,14H,2-3,6-7H2. The third-order valence-corrected chi connectivity index (χ3v) is 3.63. The van der Waals surface area contributed by atoms with E-state index in [0.29, 0.717) is 6.04 Å². The Labute approximate surface area is 104 Å². The minimum Gasteiger partial charge on any atom is -0.378 e. The molecular weight excluding hydrogens is 234 g/mol. The van der Waals surface area contributed by atoms with E-state index < -0.39 is 0 Å². The zero-order chi connectivity index (χ0) is 11.5. The summed E-state index contributed by atoms with van der Waals surface area (Å²) in [6, 6.07) is 2.51. The second kappa shape index (κ2) is 5.00. The van der Waals surface area contributed by atoms with Crippen LogP contribution in [0.5, 0.6) is 0 Å². The van der Waals surface area contributed by atoms with Gasteiger partial charge in [-0.25, -0.2) is 4.98 Å². The fourth-order valence-electron chi connectivity index (χ4n) is 2.09. The van der Waals surface area contributed by atoms with Crippen molar-refractivity contribution in [3.8, 4) is 11.3 Å². The van der Waals surface area contributed by atoms with Crippen LogP contribution in [0, 0.1) is 0 Å². The first kappa shape index (κ1) is 11.0. The van der Waals surface area contributed by atoms with E-state index in [2.05, 4.69) is 31.7 Å². The summed E-state index contributed by atoms with van der Waals surface area (Å²) in [5.41, 5.74) is 2.42. The van der Waals surface area contributed by atoms with Gasteiger partial charge in [0.15, 0.2) is 0 Å². The lowest BCUT2D eigenvalue weighted by atomic mass is 10.2. The van der Waals surface area contributed by atoms with E-state index in [1.165, 1.54) is 11.3 Å². The fourth-order valence-corrected chi connectivity index (χ4v) is 2.74. The van der Waals surface area contributed by atoms with Crippen LogP contribution < -0.4 is 5.32 Å². The molecule has 1 fully saturated rings. The molecule has 2 aromatic rings. The van der Waals surface area contributed by atoms with Crippen molar-refractivity contribution in [2.45, 2.75) is 12.6 Å². The normalized spacial score (nSPS) is 20.6. The smallest absolute Gasteiger partial charge is 0.0951 e. The zero-order valence-electron chi connectivity index (χ0n) is 9.50. The van der Waals surface area contributed by atoms with Gasteiger partial charge in [-0.05, 0) is 11.4 Å². The minimum atomic E-state index is 0.385. The topological polar surface area (TPSA) is 39.1 Å². The van der Waals surface area contributed by atoms with Crippen molar-refractivity contribution in [2.24, 2.45) is 0 Å². The summed E-state index contributed by atoms with van der Waals surface area (Å²) in [6.45, 7) is 3.44. The first-order valence-corrected chi connectivity index (χ1v) is 6.71. The van der Waals surface area contributed by atoms with Crippen molar-refractivity contribution in [1.29, 1.82) is 0 Å². The Bertz CT molecular complexity index is 460. The lowest BCUT2D eigenvalue weighted by Crippen LogP contribution is -2.43. The summed E-state index contributed by atoms with van der Waals surface area (Å²) in [5.74, 6) is 0. The van der Waals surface area contributed by atoms with Gasteiger partial charge in [0.25, 0.3) is 0 Å². The highest BCUT2D eigenvalue weighted by molar-refractivity contribution is 7.08. The molecule has 0 bridgehead atoms. The number of nitrogens with one attached hydrogen (secondary N) is 1. The van der Waals surface area contributed by atoms with Crippen LogP contribution in [0.3, 0.4) is 0 Å². The molecule has 17 heavy (non-hydrogen) atoms. The second-order valence-electron chi connectivity index (χ2n) is 4.17. The third-order valence-electron chi connectivity index (χ3n) is 2.94. The van der Waals surface area contributed by atoms with E-state index in [4.69, 9.17) is 4.74 Å². The maximum Gasteiger partial charge on any atom is 0.0951 e. The van der Waals surface area contributed by atoms with E-state index in [0.717, 1.165) is 26.3 Å². The Morgan fingerprint density at radius 3 is 3.35 bits per heavy atom. The molecule has 1 atom stereocenters. The predicted octanol–water partition coefficient (Wildman–Crippen LogP) is 1.60. The molecule has 4 nitrogen and oxygen atoms in total. The number of imidazole rings is 1. The Morgan fingerprint density at radius 1 is 1.59 bits per heavy atom. The average Bonchev–Trinajstić information content (AvgIpc) is 3.00. The van der Waals surface area contributed by atoms with Gasteiger partial charge in [-0.2, -0.15) is 11.3 Å². The highest BCUT2D eigenvalue weighted by Crippen LogP contribution is 2.21. The van der Waals surface area contributed by atoms with Crippen molar-refractivity contribution >= 4 is 11.3 Å². The largest absolute Gasteiger partial charge is 0.378 e. The third kappa shape index (κ3) is 2.41. The Hall–Kier alpha value is -1.17. The van der Waals surface area contributed by atoms with Crippen LogP contribution in [-0.2, 0) is 11.3 Å². The van der Waals surface area contributed by atoms with Crippen molar-refractivity contribution in [2.75, 3.05) is 19.8 Å². The SMILES string of the molecule is c1cc(-c2cncn2CC2COCCN2)cs1. The van der Waals surface area contributed by atoms with Crippen LogP contribution in [0.4, 0.5) is 0 Å². The molecule has 90 valence electrons. The molecule has 0 spiro atoms. The van der Waals surface area contributed by atoms with E-state index in [1.807, 2.05) is 12.5 Å². The molecule has 0 saturated carbocycles. The van der Waals surface area contributed by atoms with E-state index in [1.54, 1.807) is 11.3 Å². The summed E-state index contributed by atoms with van der Waals surface area (Å²) in [4.78, 5) is 4.24. The van der Waals surface area contributed by atoms with E-state index in [-0.39, 0.29) is 0 Å². The number of hydrogen-bond acceptors (Lipinski definition) is 4. The number of aromatic nitrogens is 2. The monoisotopic (exact) mass is 249 g/mol. The first-order chi connectivity index (χ1) is 8.43. The Balaban J connectivity index is 1.77. The Kier molecular flexibility index (Phi) is 3.22. The summed E-state index contributed by atoms with van der Waals surface area (Å²) in [5, 5.41) is 7.70. The molecule has 3 heterocycles. The molecule has 1 aliphatic rings. The fraction of sp³-hybridized carbons (Fsp3) is 0.417. The maximum absolute atomic E-state index is 5.47. The van der Waals surface area contributed by atoms with Gasteiger partial charge in [0, 0.05) is 30.1 Å². The number of nitrogens with zero attached hydrogens (tertiary/aromatic N) is 2. The molecule has 3 rings (SSSR count). The molecule has 1 N–H and O–H groups in total. The summed E-state index contributed by atoms with van der Waals surface area (Å²) in [7, 11) is 0. The van der Waals surface area contributed by atoms with Gasteiger partial charge in [-0.1, -0.05) is 0 Å². The minimum absolute atomic E-state index is 0.385. The van der Waals surface area contributed by atoms with E-state index >= 15 is 0 Å². The molecule has 1 unspecified atom stereocenters. The van der Waals surface area contributed by atoms with Crippen LogP contribution in [0.25, 0.3) is 11.3 Å². The lowest BCUT2D eigenvalue weighted by molar-refractivity contribution is 0.0715. The van der Waals surface area contributed by atoms with Crippen LogP contribution in [0.15, 0.2) is 29.4 Å². The molecule has 1 saturated heterocycles. The number of hydrogen-bond donors (Lipinski definition) is 1. The highest BCUT2D eigenvalue weighted by atomic mass is 32.1. The molecule has 0 aliphatic carbocycles. The van der Waals surface area contributed by atoms with Crippen LogP contribution in [0.1, 0.15) is 0 Å².